The number of amides is 1. The molecule has 0 radical (unpaired) electrons. The van der Waals surface area contributed by atoms with E-state index in [1.165, 1.54) is 24.9 Å². The Kier molecular flexibility index (Phi) is 6.15. The van der Waals surface area contributed by atoms with Gasteiger partial charge in [-0.3, -0.25) is 14.9 Å². The van der Waals surface area contributed by atoms with E-state index in [4.69, 9.17) is 4.74 Å². The molecule has 1 heterocycles. The number of aromatic nitrogens is 2. The van der Waals surface area contributed by atoms with Crippen molar-refractivity contribution in [1.29, 1.82) is 0 Å². The minimum Gasteiger partial charge on any atom is -0.490 e. The number of nitrogens with zero attached hydrogens (tertiary/aromatic N) is 2. The topological polar surface area (TPSA) is 110 Å². The highest BCUT2D eigenvalue weighted by atomic mass is 32.2. The van der Waals surface area contributed by atoms with Crippen LogP contribution in [0.2, 0.25) is 0 Å². The number of fused-ring (bicyclic) bond motifs is 1. The van der Waals surface area contributed by atoms with Crippen LogP contribution in [0.5, 0.6) is 5.75 Å². The second-order valence-corrected chi connectivity index (χ2v) is 7.17. The number of thioether (sulfide) groups is 1. The molecule has 1 unspecified atom stereocenters. The number of imidazole rings is 1. The van der Waals surface area contributed by atoms with Crippen LogP contribution in [0, 0.1) is 10.1 Å². The lowest BCUT2D eigenvalue weighted by atomic mass is 10.2. The van der Waals surface area contributed by atoms with Gasteiger partial charge in [-0.05, 0) is 30.7 Å². The molecule has 28 heavy (non-hydrogen) atoms. The molecule has 0 fully saturated rings. The van der Waals surface area contributed by atoms with E-state index in [-0.39, 0.29) is 29.1 Å². The normalized spacial score (nSPS) is 11.9. The number of rotatable bonds is 8. The lowest BCUT2D eigenvalue weighted by Crippen LogP contribution is -2.28. The Morgan fingerprint density at radius 2 is 2.14 bits per heavy atom. The molecule has 1 aromatic heterocycles. The molecule has 2 aromatic carbocycles. The number of H-pyrrole nitrogens is 1. The third-order valence-corrected chi connectivity index (χ3v) is 5.14. The summed E-state index contributed by atoms with van der Waals surface area (Å²) in [6, 6.07) is 12.2. The standard InChI is InChI=1S/C19H20N4O4S/c1-12(19-21-14-5-3-4-6-15(14)22-19)20-18(24)11-28-10-13-7-8-17(27-2)16(9-13)23(25)26/h3-9,12H,10-11H2,1-2H3,(H,20,24)(H,21,22). The second-order valence-electron chi connectivity index (χ2n) is 6.18. The van der Waals surface area contributed by atoms with Crippen LogP contribution < -0.4 is 10.1 Å². The summed E-state index contributed by atoms with van der Waals surface area (Å²) in [5.41, 5.74) is 2.46. The van der Waals surface area contributed by atoms with Gasteiger partial charge in [0.15, 0.2) is 5.75 Å². The maximum absolute atomic E-state index is 12.2. The fourth-order valence-electron chi connectivity index (χ4n) is 2.76. The molecular formula is C19H20N4O4S. The number of nitro benzene ring substituents is 1. The Balaban J connectivity index is 1.53. The van der Waals surface area contributed by atoms with Crippen molar-refractivity contribution >= 4 is 34.4 Å². The number of hydrogen-bond acceptors (Lipinski definition) is 6. The Bertz CT molecular complexity index is 972. The van der Waals surface area contributed by atoms with Gasteiger partial charge < -0.3 is 15.0 Å². The molecule has 0 bridgehead atoms. The minimum atomic E-state index is -0.477. The lowest BCUT2D eigenvalue weighted by molar-refractivity contribution is -0.385. The molecule has 0 saturated carbocycles. The van der Waals surface area contributed by atoms with Crippen LogP contribution in [-0.4, -0.2) is 33.7 Å². The average Bonchev–Trinajstić information content (AvgIpc) is 3.12. The summed E-state index contributed by atoms with van der Waals surface area (Å²) < 4.78 is 4.99. The van der Waals surface area contributed by atoms with Gasteiger partial charge in [-0.15, -0.1) is 11.8 Å². The van der Waals surface area contributed by atoms with Crippen molar-refractivity contribution in [2.45, 2.75) is 18.7 Å². The fourth-order valence-corrected chi connectivity index (χ4v) is 3.54. The van der Waals surface area contributed by atoms with Crippen LogP contribution in [0.15, 0.2) is 42.5 Å². The smallest absolute Gasteiger partial charge is 0.311 e. The number of nitro groups is 1. The van der Waals surface area contributed by atoms with Gasteiger partial charge in [-0.2, -0.15) is 0 Å². The SMILES string of the molecule is COc1ccc(CSCC(=O)NC(C)c2nc3ccccc3[nH]2)cc1[N+](=O)[O-]. The lowest BCUT2D eigenvalue weighted by Gasteiger charge is -2.11. The summed E-state index contributed by atoms with van der Waals surface area (Å²) in [5, 5.41) is 14.0. The zero-order chi connectivity index (χ0) is 20.1. The number of methoxy groups -OCH3 is 1. The first kappa shape index (κ1) is 19.7. The molecule has 0 aliphatic carbocycles. The predicted molar refractivity (Wildman–Crippen MR) is 108 cm³/mol. The maximum Gasteiger partial charge on any atom is 0.311 e. The van der Waals surface area contributed by atoms with Gasteiger partial charge in [0, 0.05) is 11.8 Å². The molecule has 1 atom stereocenters. The first-order valence-electron chi connectivity index (χ1n) is 8.61. The zero-order valence-electron chi connectivity index (χ0n) is 15.5. The van der Waals surface area contributed by atoms with E-state index in [0.29, 0.717) is 11.6 Å². The molecule has 2 N–H and O–H groups in total. The Hall–Kier alpha value is -3.07. The van der Waals surface area contributed by atoms with Gasteiger partial charge in [0.2, 0.25) is 5.91 Å². The van der Waals surface area contributed by atoms with E-state index in [1.54, 1.807) is 12.1 Å². The summed E-state index contributed by atoms with van der Waals surface area (Å²) in [7, 11) is 1.39. The summed E-state index contributed by atoms with van der Waals surface area (Å²) in [4.78, 5) is 30.5. The Labute approximate surface area is 165 Å². The van der Waals surface area contributed by atoms with E-state index in [1.807, 2.05) is 31.2 Å². The highest BCUT2D eigenvalue weighted by molar-refractivity contribution is 7.99. The minimum absolute atomic E-state index is 0.0800. The van der Waals surface area contributed by atoms with E-state index in [2.05, 4.69) is 15.3 Å². The molecule has 3 aromatic rings. The van der Waals surface area contributed by atoms with Crippen molar-refractivity contribution in [1.82, 2.24) is 15.3 Å². The highest BCUT2D eigenvalue weighted by Crippen LogP contribution is 2.29. The average molecular weight is 400 g/mol. The van der Waals surface area contributed by atoms with Crippen molar-refractivity contribution in [3.63, 3.8) is 0 Å². The molecule has 0 spiro atoms. The number of carbonyl (C=O) groups excluding carboxylic acids is 1. The van der Waals surface area contributed by atoms with Gasteiger partial charge in [0.1, 0.15) is 5.82 Å². The second kappa shape index (κ2) is 8.75. The van der Waals surface area contributed by atoms with Crippen LogP contribution in [0.3, 0.4) is 0 Å². The molecule has 3 rings (SSSR count). The monoisotopic (exact) mass is 400 g/mol. The van der Waals surface area contributed by atoms with Crippen LogP contribution in [0.4, 0.5) is 5.69 Å². The Morgan fingerprint density at radius 1 is 1.36 bits per heavy atom. The zero-order valence-corrected chi connectivity index (χ0v) is 16.3. The Morgan fingerprint density at radius 3 is 2.86 bits per heavy atom. The third-order valence-electron chi connectivity index (χ3n) is 4.14. The van der Waals surface area contributed by atoms with E-state index in [9.17, 15) is 14.9 Å². The summed E-state index contributed by atoms with van der Waals surface area (Å²) in [6.45, 7) is 1.87. The van der Waals surface area contributed by atoms with E-state index < -0.39 is 4.92 Å². The molecule has 9 heteroatoms. The molecule has 8 nitrogen and oxygen atoms in total. The largest absolute Gasteiger partial charge is 0.490 e. The van der Waals surface area contributed by atoms with Gasteiger partial charge in [0.05, 0.1) is 34.9 Å². The first-order valence-corrected chi connectivity index (χ1v) is 9.76. The molecule has 146 valence electrons. The third kappa shape index (κ3) is 4.61. The van der Waals surface area contributed by atoms with Crippen molar-refractivity contribution < 1.29 is 14.5 Å². The van der Waals surface area contributed by atoms with E-state index >= 15 is 0 Å². The molecule has 0 saturated heterocycles. The van der Waals surface area contributed by atoms with Crippen molar-refractivity contribution in [2.24, 2.45) is 0 Å². The van der Waals surface area contributed by atoms with Crippen molar-refractivity contribution in [2.75, 3.05) is 12.9 Å². The summed E-state index contributed by atoms with van der Waals surface area (Å²) in [6.07, 6.45) is 0. The number of hydrogen-bond donors (Lipinski definition) is 2. The van der Waals surface area contributed by atoms with Crippen LogP contribution in [0.25, 0.3) is 11.0 Å². The molecule has 0 aliphatic rings. The number of benzene rings is 2. The summed E-state index contributed by atoms with van der Waals surface area (Å²) >= 11 is 1.38. The predicted octanol–water partition coefficient (Wildman–Crippen LogP) is 3.59. The molecular weight excluding hydrogens is 380 g/mol. The van der Waals surface area contributed by atoms with Crippen LogP contribution in [-0.2, 0) is 10.5 Å². The van der Waals surface area contributed by atoms with Crippen LogP contribution in [0.1, 0.15) is 24.4 Å². The van der Waals surface area contributed by atoms with Gasteiger partial charge in [0.25, 0.3) is 0 Å². The quantitative estimate of drug-likeness (QED) is 0.442. The summed E-state index contributed by atoms with van der Waals surface area (Å²) in [5.74, 6) is 1.52. The van der Waals surface area contributed by atoms with Crippen LogP contribution >= 0.6 is 11.8 Å². The van der Waals surface area contributed by atoms with Crippen molar-refractivity contribution in [3.05, 3.63) is 64.0 Å². The molecule has 1 amide bonds. The number of ether oxygens (including phenoxy) is 1. The first-order chi connectivity index (χ1) is 13.5. The fraction of sp³-hybridized carbons (Fsp3) is 0.263. The number of nitrogens with one attached hydrogen (secondary N) is 2. The number of carbonyl (C=O) groups is 1. The van der Waals surface area contributed by atoms with Crippen molar-refractivity contribution in [3.8, 4) is 5.75 Å². The highest BCUT2D eigenvalue weighted by Gasteiger charge is 2.16. The van der Waals surface area contributed by atoms with Gasteiger partial charge in [-0.1, -0.05) is 18.2 Å². The molecule has 0 aliphatic heterocycles. The maximum atomic E-state index is 12.2. The number of aromatic amines is 1. The number of para-hydroxylation sites is 2. The van der Waals surface area contributed by atoms with Gasteiger partial charge >= 0.3 is 5.69 Å². The van der Waals surface area contributed by atoms with Gasteiger partial charge in [-0.25, -0.2) is 4.98 Å². The van der Waals surface area contributed by atoms with E-state index in [0.717, 1.165) is 16.6 Å².